The highest BCUT2D eigenvalue weighted by Gasteiger charge is 2.26. The van der Waals surface area contributed by atoms with Gasteiger partial charge in [-0.15, -0.1) is 0 Å². The van der Waals surface area contributed by atoms with Gasteiger partial charge in [0, 0.05) is 21.6 Å². The van der Waals surface area contributed by atoms with Crippen LogP contribution >= 0.6 is 15.9 Å². The van der Waals surface area contributed by atoms with Crippen LogP contribution in [0.2, 0.25) is 0 Å². The smallest absolute Gasteiger partial charge is 0.338 e. The number of likely N-dealkylation sites (tertiary alicyclic amines) is 1. The number of carbonyl (C=O) groups is 2. The number of benzene rings is 2. The number of ether oxygens (including phenoxy) is 1. The van der Waals surface area contributed by atoms with Crippen LogP contribution in [0.15, 0.2) is 57.5 Å². The van der Waals surface area contributed by atoms with Crippen molar-refractivity contribution in [2.45, 2.75) is 39.2 Å². The fourth-order valence-corrected chi connectivity index (χ4v) is 4.17. The van der Waals surface area contributed by atoms with Gasteiger partial charge < -0.3 is 14.6 Å². The Kier molecular flexibility index (Phi) is 8.65. The first kappa shape index (κ1) is 25.1. The maximum Gasteiger partial charge on any atom is 0.338 e. The van der Waals surface area contributed by atoms with Gasteiger partial charge in [0.15, 0.2) is 0 Å². The molecule has 1 aliphatic rings. The third kappa shape index (κ3) is 6.99. The summed E-state index contributed by atoms with van der Waals surface area (Å²) in [5.74, 6) is 0.735. The number of piperidine rings is 1. The summed E-state index contributed by atoms with van der Waals surface area (Å²) in [6.07, 6.45) is 3.32. The van der Waals surface area contributed by atoms with Crippen LogP contribution in [0.3, 0.4) is 0 Å². The number of halogens is 1. The van der Waals surface area contributed by atoms with Gasteiger partial charge in [-0.25, -0.2) is 4.79 Å². The summed E-state index contributed by atoms with van der Waals surface area (Å²) in [6.45, 7) is 4.58. The average molecular weight is 541 g/mol. The van der Waals surface area contributed by atoms with E-state index < -0.39 is 0 Å². The van der Waals surface area contributed by atoms with Crippen LogP contribution in [0.4, 0.5) is 5.69 Å². The van der Waals surface area contributed by atoms with Gasteiger partial charge in [-0.05, 0) is 80.9 Å². The van der Waals surface area contributed by atoms with Crippen molar-refractivity contribution >= 4 is 33.5 Å². The summed E-state index contributed by atoms with van der Waals surface area (Å²) < 4.78 is 11.6. The highest BCUT2D eigenvalue weighted by molar-refractivity contribution is 9.10. The Morgan fingerprint density at radius 2 is 1.83 bits per heavy atom. The van der Waals surface area contributed by atoms with Crippen molar-refractivity contribution in [1.29, 1.82) is 0 Å². The van der Waals surface area contributed by atoms with Crippen LogP contribution in [-0.4, -0.2) is 46.6 Å². The summed E-state index contributed by atoms with van der Waals surface area (Å²) in [4.78, 5) is 31.5. The molecule has 2 heterocycles. The van der Waals surface area contributed by atoms with E-state index in [1.165, 1.54) is 0 Å². The van der Waals surface area contributed by atoms with Crippen molar-refractivity contribution in [2.24, 2.45) is 5.92 Å². The number of anilines is 1. The zero-order chi connectivity index (χ0) is 24.6. The molecular formula is C26H29BrN4O4. The van der Waals surface area contributed by atoms with Crippen molar-refractivity contribution in [3.05, 3.63) is 64.5 Å². The lowest BCUT2D eigenvalue weighted by Gasteiger charge is -2.30. The predicted octanol–water partition coefficient (Wildman–Crippen LogP) is 5.31. The number of esters is 1. The van der Waals surface area contributed by atoms with E-state index in [9.17, 15) is 9.59 Å². The molecule has 1 N–H and O–H groups in total. The van der Waals surface area contributed by atoms with E-state index in [0.717, 1.165) is 48.8 Å². The van der Waals surface area contributed by atoms with E-state index in [4.69, 9.17) is 9.26 Å². The van der Waals surface area contributed by atoms with Gasteiger partial charge in [-0.3, -0.25) is 9.69 Å². The Labute approximate surface area is 213 Å². The highest BCUT2D eigenvalue weighted by atomic mass is 79.9. The zero-order valence-electron chi connectivity index (χ0n) is 19.7. The molecular weight excluding hydrogens is 512 g/mol. The standard InChI is InChI=1S/C26H29BrN4O4/c1-2-3-16-34-26(33)20-6-10-22(11-7-20)28-25(32)19-12-14-31(15-13-19)17-23-29-24(30-35-23)18-4-8-21(27)9-5-18/h4-11,19H,2-3,12-17H2,1H3,(H,28,32). The second-order valence-corrected chi connectivity index (χ2v) is 9.54. The summed E-state index contributed by atoms with van der Waals surface area (Å²) in [7, 11) is 0. The third-order valence-corrected chi connectivity index (χ3v) is 6.54. The number of nitrogens with one attached hydrogen (secondary N) is 1. The Morgan fingerprint density at radius 3 is 2.51 bits per heavy atom. The zero-order valence-corrected chi connectivity index (χ0v) is 21.3. The van der Waals surface area contributed by atoms with Crippen LogP contribution in [0, 0.1) is 5.92 Å². The SMILES string of the molecule is CCCCOC(=O)c1ccc(NC(=O)C2CCN(Cc3nc(-c4ccc(Br)cc4)no3)CC2)cc1. The number of unbranched alkanes of at least 4 members (excludes halogenated alkanes) is 1. The van der Waals surface area contributed by atoms with Gasteiger partial charge in [-0.2, -0.15) is 4.98 Å². The summed E-state index contributed by atoms with van der Waals surface area (Å²) in [5, 5.41) is 7.05. The monoisotopic (exact) mass is 540 g/mol. The quantitative estimate of drug-likeness (QED) is 0.290. The van der Waals surface area contributed by atoms with Crippen LogP contribution < -0.4 is 5.32 Å². The first-order chi connectivity index (χ1) is 17.0. The van der Waals surface area contributed by atoms with Crippen LogP contribution in [-0.2, 0) is 16.1 Å². The molecule has 0 saturated carbocycles. The molecule has 9 heteroatoms. The molecule has 2 aromatic carbocycles. The number of hydrogen-bond acceptors (Lipinski definition) is 7. The molecule has 0 spiro atoms. The van der Waals surface area contributed by atoms with Gasteiger partial charge in [0.05, 0.1) is 18.7 Å². The minimum Gasteiger partial charge on any atom is -0.462 e. The highest BCUT2D eigenvalue weighted by Crippen LogP contribution is 2.23. The Balaban J connectivity index is 1.22. The van der Waals surface area contributed by atoms with Crippen molar-refractivity contribution < 1.29 is 18.8 Å². The van der Waals surface area contributed by atoms with E-state index in [2.05, 4.69) is 36.3 Å². The maximum atomic E-state index is 12.7. The third-order valence-electron chi connectivity index (χ3n) is 6.01. The second-order valence-electron chi connectivity index (χ2n) is 8.63. The minimum absolute atomic E-state index is 0.00163. The number of amides is 1. The van der Waals surface area contributed by atoms with Crippen molar-refractivity contribution in [3.8, 4) is 11.4 Å². The van der Waals surface area contributed by atoms with Crippen LogP contribution in [0.5, 0.6) is 0 Å². The Bertz CT molecular complexity index is 1120. The van der Waals surface area contributed by atoms with Gasteiger partial charge in [0.2, 0.25) is 17.6 Å². The molecule has 1 aromatic heterocycles. The number of hydrogen-bond donors (Lipinski definition) is 1. The first-order valence-corrected chi connectivity index (χ1v) is 12.7. The molecule has 1 saturated heterocycles. The molecule has 35 heavy (non-hydrogen) atoms. The fourth-order valence-electron chi connectivity index (χ4n) is 3.91. The minimum atomic E-state index is -0.339. The average Bonchev–Trinajstić information content (AvgIpc) is 3.34. The first-order valence-electron chi connectivity index (χ1n) is 11.9. The Morgan fingerprint density at radius 1 is 1.11 bits per heavy atom. The van der Waals surface area contributed by atoms with E-state index >= 15 is 0 Å². The topological polar surface area (TPSA) is 97.6 Å². The number of rotatable bonds is 9. The number of nitrogens with zero attached hydrogens (tertiary/aromatic N) is 3. The van der Waals surface area contributed by atoms with E-state index in [0.29, 0.717) is 36.1 Å². The lowest BCUT2D eigenvalue weighted by Crippen LogP contribution is -2.37. The normalized spacial score (nSPS) is 14.6. The van der Waals surface area contributed by atoms with E-state index in [-0.39, 0.29) is 17.8 Å². The van der Waals surface area contributed by atoms with Crippen LogP contribution in [0.1, 0.15) is 48.9 Å². The molecule has 1 amide bonds. The molecule has 3 aromatic rings. The molecule has 4 rings (SSSR count). The molecule has 8 nitrogen and oxygen atoms in total. The summed E-state index contributed by atoms with van der Waals surface area (Å²) in [6, 6.07) is 14.6. The maximum absolute atomic E-state index is 12.7. The van der Waals surface area contributed by atoms with E-state index in [1.54, 1.807) is 24.3 Å². The largest absolute Gasteiger partial charge is 0.462 e. The van der Waals surface area contributed by atoms with Crippen LogP contribution in [0.25, 0.3) is 11.4 Å². The lowest BCUT2D eigenvalue weighted by atomic mass is 9.96. The molecule has 1 aliphatic heterocycles. The molecule has 0 aliphatic carbocycles. The molecule has 0 bridgehead atoms. The second kappa shape index (κ2) is 12.1. The number of carbonyl (C=O) groups excluding carboxylic acids is 2. The molecule has 0 atom stereocenters. The molecule has 184 valence electrons. The lowest BCUT2D eigenvalue weighted by molar-refractivity contribution is -0.121. The summed E-state index contributed by atoms with van der Waals surface area (Å²) in [5.41, 5.74) is 2.06. The predicted molar refractivity (Wildman–Crippen MR) is 136 cm³/mol. The number of aromatic nitrogens is 2. The van der Waals surface area contributed by atoms with Gasteiger partial charge >= 0.3 is 5.97 Å². The fraction of sp³-hybridized carbons (Fsp3) is 0.385. The van der Waals surface area contributed by atoms with Gasteiger partial charge in [0.25, 0.3) is 0 Å². The van der Waals surface area contributed by atoms with Crippen molar-refractivity contribution in [2.75, 3.05) is 25.0 Å². The Hall–Kier alpha value is -3.04. The summed E-state index contributed by atoms with van der Waals surface area (Å²) >= 11 is 3.42. The molecule has 0 unspecified atom stereocenters. The molecule has 0 radical (unpaired) electrons. The van der Waals surface area contributed by atoms with Crippen molar-refractivity contribution in [1.82, 2.24) is 15.0 Å². The van der Waals surface area contributed by atoms with E-state index in [1.807, 2.05) is 31.2 Å². The van der Waals surface area contributed by atoms with Gasteiger partial charge in [0.1, 0.15) is 0 Å². The van der Waals surface area contributed by atoms with Gasteiger partial charge in [-0.1, -0.05) is 34.4 Å². The molecule has 1 fully saturated rings. The van der Waals surface area contributed by atoms with Crippen molar-refractivity contribution in [3.63, 3.8) is 0 Å².